The molecule has 6 nitrogen and oxygen atoms in total. The Kier molecular flexibility index (Phi) is 3.52. The van der Waals surface area contributed by atoms with Crippen molar-refractivity contribution in [3.63, 3.8) is 0 Å². The molecule has 2 aromatic rings. The van der Waals surface area contributed by atoms with Gasteiger partial charge in [0.2, 0.25) is 5.88 Å². The van der Waals surface area contributed by atoms with Crippen LogP contribution >= 0.6 is 0 Å². The SMILES string of the molecule is COc1ccc2c(=O)c3c(n(C)c2c1OC)O[C@H](C(C)(C)O)C3. The van der Waals surface area contributed by atoms with Crippen LogP contribution in [0.5, 0.6) is 17.4 Å². The van der Waals surface area contributed by atoms with E-state index in [1.165, 1.54) is 7.11 Å². The fourth-order valence-corrected chi connectivity index (χ4v) is 3.08. The van der Waals surface area contributed by atoms with Crippen LogP contribution in [0.1, 0.15) is 19.4 Å². The highest BCUT2D eigenvalue weighted by Crippen LogP contribution is 2.39. The Morgan fingerprint density at radius 2 is 2.00 bits per heavy atom. The van der Waals surface area contributed by atoms with Crippen LogP contribution in [0.15, 0.2) is 16.9 Å². The van der Waals surface area contributed by atoms with Crippen molar-refractivity contribution in [1.82, 2.24) is 4.57 Å². The van der Waals surface area contributed by atoms with Crippen molar-refractivity contribution >= 4 is 10.9 Å². The first-order valence-electron chi connectivity index (χ1n) is 7.45. The summed E-state index contributed by atoms with van der Waals surface area (Å²) in [5.41, 5.74) is 0.0685. The lowest BCUT2D eigenvalue weighted by atomic mass is 9.97. The van der Waals surface area contributed by atoms with Gasteiger partial charge in [0.25, 0.3) is 0 Å². The van der Waals surface area contributed by atoms with Gasteiger partial charge in [-0.1, -0.05) is 0 Å². The van der Waals surface area contributed by atoms with Crippen LogP contribution in [0.25, 0.3) is 10.9 Å². The van der Waals surface area contributed by atoms with E-state index in [-0.39, 0.29) is 5.43 Å². The second-order valence-corrected chi connectivity index (χ2v) is 6.33. The summed E-state index contributed by atoms with van der Waals surface area (Å²) in [6.45, 7) is 3.36. The number of nitrogens with zero attached hydrogens (tertiary/aromatic N) is 1. The maximum atomic E-state index is 12.8. The van der Waals surface area contributed by atoms with Crippen LogP contribution in [-0.4, -0.2) is 35.6 Å². The van der Waals surface area contributed by atoms with Gasteiger partial charge >= 0.3 is 0 Å². The molecule has 3 rings (SSSR count). The highest BCUT2D eigenvalue weighted by Gasteiger charge is 2.38. The molecule has 0 saturated heterocycles. The summed E-state index contributed by atoms with van der Waals surface area (Å²) >= 11 is 0. The molecule has 23 heavy (non-hydrogen) atoms. The van der Waals surface area contributed by atoms with Gasteiger partial charge in [-0.3, -0.25) is 4.79 Å². The molecule has 1 aromatic heterocycles. The topological polar surface area (TPSA) is 69.9 Å². The van der Waals surface area contributed by atoms with E-state index in [0.717, 1.165) is 0 Å². The number of aromatic nitrogens is 1. The van der Waals surface area contributed by atoms with Gasteiger partial charge in [-0.2, -0.15) is 0 Å². The van der Waals surface area contributed by atoms with E-state index in [1.807, 2.05) is 7.05 Å². The first kappa shape index (κ1) is 15.7. The number of aliphatic hydroxyl groups is 1. The normalized spacial score (nSPS) is 17.0. The zero-order chi connectivity index (χ0) is 16.9. The monoisotopic (exact) mass is 319 g/mol. The summed E-state index contributed by atoms with van der Waals surface area (Å²) in [7, 11) is 4.90. The minimum absolute atomic E-state index is 0.0965. The number of pyridine rings is 1. The van der Waals surface area contributed by atoms with E-state index in [2.05, 4.69) is 0 Å². The molecule has 1 atom stereocenters. The fourth-order valence-electron chi connectivity index (χ4n) is 3.08. The van der Waals surface area contributed by atoms with Crippen molar-refractivity contribution in [1.29, 1.82) is 0 Å². The smallest absolute Gasteiger partial charge is 0.201 e. The van der Waals surface area contributed by atoms with Gasteiger partial charge in [0.05, 0.1) is 30.8 Å². The number of aryl methyl sites for hydroxylation is 1. The maximum absolute atomic E-state index is 12.8. The number of benzene rings is 1. The van der Waals surface area contributed by atoms with Crippen molar-refractivity contribution in [2.75, 3.05) is 14.2 Å². The molecule has 0 radical (unpaired) electrons. The van der Waals surface area contributed by atoms with E-state index in [9.17, 15) is 9.90 Å². The quantitative estimate of drug-likeness (QED) is 0.931. The minimum Gasteiger partial charge on any atom is -0.493 e. The van der Waals surface area contributed by atoms with Crippen molar-refractivity contribution < 1.29 is 19.3 Å². The Bertz CT molecular complexity index is 832. The van der Waals surface area contributed by atoms with Gasteiger partial charge in [0, 0.05) is 13.5 Å². The summed E-state index contributed by atoms with van der Waals surface area (Å²) in [4.78, 5) is 12.8. The van der Waals surface area contributed by atoms with Crippen LogP contribution in [-0.2, 0) is 13.5 Å². The highest BCUT2D eigenvalue weighted by molar-refractivity contribution is 5.89. The van der Waals surface area contributed by atoms with Gasteiger partial charge in [-0.25, -0.2) is 0 Å². The van der Waals surface area contributed by atoms with Crippen LogP contribution < -0.4 is 19.6 Å². The zero-order valence-corrected chi connectivity index (χ0v) is 14.0. The number of fused-ring (bicyclic) bond motifs is 2. The van der Waals surface area contributed by atoms with Crippen LogP contribution in [0.3, 0.4) is 0 Å². The van der Waals surface area contributed by atoms with Crippen LogP contribution in [0.2, 0.25) is 0 Å². The summed E-state index contributed by atoms with van der Waals surface area (Å²) < 4.78 is 18.4. The Labute approximate surface area is 134 Å². The molecular formula is C17H21NO5. The van der Waals surface area contributed by atoms with Gasteiger partial charge in [-0.05, 0) is 26.0 Å². The lowest BCUT2D eigenvalue weighted by molar-refractivity contribution is -0.0252. The molecule has 1 aliphatic heterocycles. The summed E-state index contributed by atoms with van der Waals surface area (Å²) in [6.07, 6.45) is -0.0726. The third-order valence-corrected chi connectivity index (χ3v) is 4.37. The van der Waals surface area contributed by atoms with Gasteiger partial charge in [0.1, 0.15) is 11.6 Å². The van der Waals surface area contributed by atoms with E-state index in [1.54, 1.807) is 37.7 Å². The van der Waals surface area contributed by atoms with Crippen LogP contribution in [0, 0.1) is 0 Å². The van der Waals surface area contributed by atoms with E-state index < -0.39 is 11.7 Å². The number of rotatable bonds is 3. The summed E-state index contributed by atoms with van der Waals surface area (Å²) in [5, 5.41) is 10.8. The molecule has 0 spiro atoms. The van der Waals surface area contributed by atoms with Crippen LogP contribution in [0.4, 0.5) is 0 Å². The Morgan fingerprint density at radius 3 is 2.57 bits per heavy atom. The lowest BCUT2D eigenvalue weighted by Crippen LogP contribution is -2.39. The molecule has 0 unspecified atom stereocenters. The molecule has 0 bridgehead atoms. The first-order valence-corrected chi connectivity index (χ1v) is 7.45. The number of hydrogen-bond donors (Lipinski definition) is 1. The molecule has 1 aromatic carbocycles. The van der Waals surface area contributed by atoms with Crippen molar-refractivity contribution in [2.45, 2.75) is 32.0 Å². The Balaban J connectivity index is 2.32. The standard InChI is InChI=1S/C17H21NO5/c1-17(2,20)12-8-10-14(19)9-6-7-11(21-4)15(22-5)13(9)18(3)16(10)23-12/h6-7,12,20H,8H2,1-5H3/t12-/m0/s1. The molecule has 0 aliphatic carbocycles. The first-order chi connectivity index (χ1) is 10.8. The average molecular weight is 319 g/mol. The molecule has 6 heteroatoms. The molecule has 2 heterocycles. The Morgan fingerprint density at radius 1 is 1.30 bits per heavy atom. The van der Waals surface area contributed by atoms with E-state index in [0.29, 0.717) is 40.3 Å². The average Bonchev–Trinajstić information content (AvgIpc) is 2.97. The molecule has 1 N–H and O–H groups in total. The molecule has 0 amide bonds. The predicted octanol–water partition coefficient (Wildman–Crippen LogP) is 1.63. The fraction of sp³-hybridized carbons (Fsp3) is 0.471. The van der Waals surface area contributed by atoms with Gasteiger partial charge in [0.15, 0.2) is 16.9 Å². The highest BCUT2D eigenvalue weighted by atomic mass is 16.5. The Hall–Kier alpha value is -2.21. The second kappa shape index (κ2) is 5.16. The molecule has 0 fully saturated rings. The van der Waals surface area contributed by atoms with Crippen molar-refractivity contribution in [3.8, 4) is 17.4 Å². The summed E-state index contributed by atoms with van der Waals surface area (Å²) in [5.74, 6) is 1.51. The molecule has 124 valence electrons. The van der Waals surface area contributed by atoms with E-state index >= 15 is 0 Å². The summed E-state index contributed by atoms with van der Waals surface area (Å²) in [6, 6.07) is 3.45. The zero-order valence-electron chi connectivity index (χ0n) is 14.0. The van der Waals surface area contributed by atoms with Crippen molar-refractivity contribution in [3.05, 3.63) is 27.9 Å². The number of methoxy groups -OCH3 is 2. The molecule has 0 saturated carbocycles. The largest absolute Gasteiger partial charge is 0.493 e. The lowest BCUT2D eigenvalue weighted by Gasteiger charge is -2.24. The van der Waals surface area contributed by atoms with Crippen molar-refractivity contribution in [2.24, 2.45) is 7.05 Å². The van der Waals surface area contributed by atoms with Gasteiger partial charge < -0.3 is 23.9 Å². The molecule has 1 aliphatic rings. The van der Waals surface area contributed by atoms with Gasteiger partial charge in [-0.15, -0.1) is 0 Å². The number of ether oxygens (including phenoxy) is 3. The second-order valence-electron chi connectivity index (χ2n) is 6.33. The predicted molar refractivity (Wildman–Crippen MR) is 86.7 cm³/mol. The number of hydrogen-bond acceptors (Lipinski definition) is 5. The van der Waals surface area contributed by atoms with E-state index in [4.69, 9.17) is 14.2 Å². The third kappa shape index (κ3) is 2.25. The molecular weight excluding hydrogens is 298 g/mol. The third-order valence-electron chi connectivity index (χ3n) is 4.37. The maximum Gasteiger partial charge on any atom is 0.201 e. The minimum atomic E-state index is -1.04.